The molecule has 0 unspecified atom stereocenters. The van der Waals surface area contributed by atoms with Gasteiger partial charge in [-0.25, -0.2) is 0 Å². The minimum absolute atomic E-state index is 0.141. The Morgan fingerprint density at radius 2 is 2.06 bits per heavy atom. The van der Waals surface area contributed by atoms with Crippen molar-refractivity contribution in [1.82, 2.24) is 0 Å². The molecule has 0 atom stereocenters. The van der Waals surface area contributed by atoms with Crippen LogP contribution < -0.4 is 11.1 Å². The van der Waals surface area contributed by atoms with Crippen LogP contribution in [0, 0.1) is 0 Å². The Balaban J connectivity index is 2.03. The Kier molecular flexibility index (Phi) is 3.55. The molecule has 0 aliphatic heterocycles. The number of carbonyl (C=O) groups is 2. The molecule has 0 aliphatic rings. The third kappa shape index (κ3) is 2.92. The van der Waals surface area contributed by atoms with Crippen LogP contribution in [-0.4, -0.2) is 11.8 Å². The van der Waals surface area contributed by atoms with Gasteiger partial charge >= 0.3 is 0 Å². The molecule has 0 aromatic carbocycles. The van der Waals surface area contributed by atoms with Crippen molar-refractivity contribution >= 4 is 39.5 Å². The molecule has 2 amide bonds. The quantitative estimate of drug-likeness (QED) is 0.889. The number of amides is 2. The number of nitrogens with two attached hydrogens (primary N) is 1. The Morgan fingerprint density at radius 3 is 2.71 bits per heavy atom. The Hall–Kier alpha value is -1.66. The molecule has 3 N–H and O–H groups in total. The van der Waals surface area contributed by atoms with Crippen LogP contribution in [-0.2, 0) is 11.2 Å². The smallest absolute Gasteiger partial charge is 0.251 e. The lowest BCUT2D eigenvalue weighted by Gasteiger charge is -2.03. The van der Waals surface area contributed by atoms with E-state index in [2.05, 4.69) is 5.32 Å². The first-order chi connectivity index (χ1) is 8.16. The van der Waals surface area contributed by atoms with E-state index >= 15 is 0 Å². The average molecular weight is 266 g/mol. The van der Waals surface area contributed by atoms with Crippen LogP contribution in [0.5, 0.6) is 0 Å². The Bertz CT molecular complexity index is 531. The van der Waals surface area contributed by atoms with Crippen LogP contribution in [0.1, 0.15) is 15.2 Å². The predicted molar refractivity (Wildman–Crippen MR) is 69.5 cm³/mol. The summed E-state index contributed by atoms with van der Waals surface area (Å²) >= 11 is 2.81. The molecule has 4 nitrogen and oxygen atoms in total. The molecule has 2 heterocycles. The van der Waals surface area contributed by atoms with Gasteiger partial charge in [-0.05, 0) is 22.9 Å². The molecule has 0 saturated heterocycles. The van der Waals surface area contributed by atoms with E-state index < -0.39 is 5.91 Å². The molecule has 2 aromatic heterocycles. The lowest BCUT2D eigenvalue weighted by atomic mass is 10.3. The van der Waals surface area contributed by atoms with E-state index in [1.807, 2.05) is 17.5 Å². The topological polar surface area (TPSA) is 72.2 Å². The first-order valence-electron chi connectivity index (χ1n) is 4.86. The lowest BCUT2D eigenvalue weighted by molar-refractivity contribution is -0.115. The van der Waals surface area contributed by atoms with Gasteiger partial charge in [-0.1, -0.05) is 6.07 Å². The summed E-state index contributed by atoms with van der Waals surface area (Å²) in [5, 5.41) is 6.85. The predicted octanol–water partition coefficient (Wildman–Crippen LogP) is 2.09. The second-order valence-electron chi connectivity index (χ2n) is 3.33. The number of nitrogens with one attached hydrogen (secondary N) is 1. The molecule has 0 spiro atoms. The normalized spacial score (nSPS) is 10.1. The number of hydrogen-bond donors (Lipinski definition) is 2. The Morgan fingerprint density at radius 1 is 1.24 bits per heavy atom. The molecule has 6 heteroatoms. The van der Waals surface area contributed by atoms with Crippen LogP contribution >= 0.6 is 22.7 Å². The number of thiophene rings is 2. The van der Waals surface area contributed by atoms with Gasteiger partial charge in [0, 0.05) is 4.88 Å². The summed E-state index contributed by atoms with van der Waals surface area (Å²) in [7, 11) is 0. The van der Waals surface area contributed by atoms with Crippen molar-refractivity contribution in [1.29, 1.82) is 0 Å². The molecule has 0 fully saturated rings. The first-order valence-corrected chi connectivity index (χ1v) is 6.62. The summed E-state index contributed by atoms with van der Waals surface area (Å²) in [5.41, 5.74) is 5.55. The van der Waals surface area contributed by atoms with Gasteiger partial charge in [0.1, 0.15) is 5.00 Å². The van der Waals surface area contributed by atoms with Gasteiger partial charge in [-0.15, -0.1) is 22.7 Å². The molecular formula is C11H10N2O2S2. The first kappa shape index (κ1) is 11.8. The maximum absolute atomic E-state index is 11.7. The van der Waals surface area contributed by atoms with Crippen LogP contribution in [0.15, 0.2) is 29.0 Å². The molecule has 17 heavy (non-hydrogen) atoms. The third-order valence-corrected chi connectivity index (χ3v) is 3.80. The van der Waals surface area contributed by atoms with E-state index in [9.17, 15) is 9.59 Å². The van der Waals surface area contributed by atoms with Crippen molar-refractivity contribution < 1.29 is 9.59 Å². The molecule has 0 aliphatic carbocycles. The number of carbonyl (C=O) groups excluding carboxylic acids is 2. The van der Waals surface area contributed by atoms with Crippen LogP contribution in [0.25, 0.3) is 0 Å². The maximum Gasteiger partial charge on any atom is 0.251 e. The van der Waals surface area contributed by atoms with E-state index in [0.29, 0.717) is 17.0 Å². The van der Waals surface area contributed by atoms with Crippen molar-refractivity contribution in [2.45, 2.75) is 6.42 Å². The van der Waals surface area contributed by atoms with Gasteiger partial charge in [0.25, 0.3) is 5.91 Å². The monoisotopic (exact) mass is 266 g/mol. The van der Waals surface area contributed by atoms with Crippen molar-refractivity contribution in [3.8, 4) is 0 Å². The molecule has 0 bridgehead atoms. The van der Waals surface area contributed by atoms with Gasteiger partial charge < -0.3 is 11.1 Å². The highest BCUT2D eigenvalue weighted by atomic mass is 32.1. The summed E-state index contributed by atoms with van der Waals surface area (Å²) in [4.78, 5) is 23.7. The molecule has 88 valence electrons. The highest BCUT2D eigenvalue weighted by Crippen LogP contribution is 2.23. The fourth-order valence-electron chi connectivity index (χ4n) is 1.34. The fourth-order valence-corrected chi connectivity index (χ4v) is 2.85. The Labute approximate surface area is 106 Å². The SMILES string of the molecule is NC(=O)c1ccsc1NC(=O)Cc1cccs1. The minimum atomic E-state index is -0.530. The third-order valence-electron chi connectivity index (χ3n) is 2.10. The molecular weight excluding hydrogens is 256 g/mol. The molecule has 0 radical (unpaired) electrons. The zero-order valence-corrected chi connectivity index (χ0v) is 10.4. The van der Waals surface area contributed by atoms with E-state index in [-0.39, 0.29) is 5.91 Å². The molecule has 2 rings (SSSR count). The number of hydrogen-bond acceptors (Lipinski definition) is 4. The fraction of sp³-hybridized carbons (Fsp3) is 0.0909. The highest BCUT2D eigenvalue weighted by Gasteiger charge is 2.12. The van der Waals surface area contributed by atoms with Gasteiger partial charge in [0.15, 0.2) is 0 Å². The van der Waals surface area contributed by atoms with E-state index in [1.54, 1.807) is 11.4 Å². The zero-order chi connectivity index (χ0) is 12.3. The molecule has 2 aromatic rings. The van der Waals surface area contributed by atoms with Crippen LogP contribution in [0.2, 0.25) is 0 Å². The number of rotatable bonds is 4. The summed E-state index contributed by atoms with van der Waals surface area (Å²) in [5.74, 6) is -0.671. The number of primary amides is 1. The minimum Gasteiger partial charge on any atom is -0.366 e. The zero-order valence-electron chi connectivity index (χ0n) is 8.80. The van der Waals surface area contributed by atoms with E-state index in [4.69, 9.17) is 5.73 Å². The second kappa shape index (κ2) is 5.11. The standard InChI is InChI=1S/C11H10N2O2S2/c12-10(15)8-3-5-17-11(8)13-9(14)6-7-2-1-4-16-7/h1-5H,6H2,(H2,12,15)(H,13,14). The summed E-state index contributed by atoms with van der Waals surface area (Å²) in [6.07, 6.45) is 0.313. The highest BCUT2D eigenvalue weighted by molar-refractivity contribution is 7.14. The van der Waals surface area contributed by atoms with Gasteiger partial charge in [-0.2, -0.15) is 0 Å². The van der Waals surface area contributed by atoms with Crippen LogP contribution in [0.3, 0.4) is 0 Å². The van der Waals surface area contributed by atoms with Crippen molar-refractivity contribution in [2.24, 2.45) is 5.73 Å². The second-order valence-corrected chi connectivity index (χ2v) is 5.28. The largest absolute Gasteiger partial charge is 0.366 e. The summed E-state index contributed by atoms with van der Waals surface area (Å²) in [6.45, 7) is 0. The molecule has 0 saturated carbocycles. The average Bonchev–Trinajstić information content (AvgIpc) is 2.88. The summed E-state index contributed by atoms with van der Waals surface area (Å²) < 4.78 is 0. The van der Waals surface area contributed by atoms with Crippen molar-refractivity contribution in [3.05, 3.63) is 39.4 Å². The number of anilines is 1. The van der Waals surface area contributed by atoms with Gasteiger partial charge in [0.2, 0.25) is 5.91 Å². The van der Waals surface area contributed by atoms with Crippen molar-refractivity contribution in [3.63, 3.8) is 0 Å². The van der Waals surface area contributed by atoms with Crippen molar-refractivity contribution in [2.75, 3.05) is 5.32 Å². The van der Waals surface area contributed by atoms with Crippen LogP contribution in [0.4, 0.5) is 5.00 Å². The van der Waals surface area contributed by atoms with Gasteiger partial charge in [-0.3, -0.25) is 9.59 Å². The van der Waals surface area contributed by atoms with Gasteiger partial charge in [0.05, 0.1) is 12.0 Å². The summed E-state index contributed by atoms with van der Waals surface area (Å²) in [6, 6.07) is 5.40. The maximum atomic E-state index is 11.7. The van der Waals surface area contributed by atoms with E-state index in [0.717, 1.165) is 4.88 Å². The van der Waals surface area contributed by atoms with E-state index in [1.165, 1.54) is 22.7 Å². The lowest BCUT2D eigenvalue weighted by Crippen LogP contribution is -2.17.